The van der Waals surface area contributed by atoms with Crippen LogP contribution < -0.4 is 10.5 Å². The van der Waals surface area contributed by atoms with E-state index < -0.39 is 4.92 Å². The van der Waals surface area contributed by atoms with Crippen molar-refractivity contribution in [3.8, 4) is 11.5 Å². The molecule has 20 heavy (non-hydrogen) atoms. The lowest BCUT2D eigenvalue weighted by Crippen LogP contribution is -2.13. The minimum Gasteiger partial charge on any atom is -0.457 e. The Morgan fingerprint density at radius 2 is 1.90 bits per heavy atom. The highest BCUT2D eigenvalue weighted by Crippen LogP contribution is 2.30. The van der Waals surface area contributed by atoms with E-state index in [2.05, 4.69) is 0 Å². The standard InChI is InChI=1S/C13H10ClN3O3/c14-10-2-1-3-11(12(10)13(15)16)20-9-6-4-8(5-7-9)17(18)19/h1-7H,(H3,15,16). The number of hydrogen-bond donors (Lipinski definition) is 2. The Labute approximate surface area is 119 Å². The van der Waals surface area contributed by atoms with Crippen molar-refractivity contribution in [3.05, 3.63) is 63.2 Å². The van der Waals surface area contributed by atoms with Gasteiger partial charge in [-0.1, -0.05) is 17.7 Å². The molecule has 0 bridgehead atoms. The predicted molar refractivity (Wildman–Crippen MR) is 75.6 cm³/mol. The average Bonchev–Trinajstić information content (AvgIpc) is 2.39. The minimum absolute atomic E-state index is 0.0322. The van der Waals surface area contributed by atoms with Gasteiger partial charge in [-0.3, -0.25) is 15.5 Å². The Bertz CT molecular complexity index is 671. The summed E-state index contributed by atoms with van der Waals surface area (Å²) in [4.78, 5) is 10.1. The molecular weight excluding hydrogens is 282 g/mol. The molecule has 2 aromatic carbocycles. The summed E-state index contributed by atoms with van der Waals surface area (Å²) in [6, 6.07) is 10.5. The van der Waals surface area contributed by atoms with Gasteiger partial charge in [0.2, 0.25) is 0 Å². The molecule has 0 spiro atoms. The van der Waals surface area contributed by atoms with E-state index in [1.165, 1.54) is 24.3 Å². The lowest BCUT2D eigenvalue weighted by atomic mass is 10.2. The van der Waals surface area contributed by atoms with Gasteiger partial charge in [-0.15, -0.1) is 0 Å². The average molecular weight is 292 g/mol. The highest BCUT2D eigenvalue weighted by Gasteiger charge is 2.12. The van der Waals surface area contributed by atoms with Crippen LogP contribution in [0.2, 0.25) is 5.02 Å². The molecule has 102 valence electrons. The van der Waals surface area contributed by atoms with Gasteiger partial charge in [0.25, 0.3) is 5.69 Å². The monoisotopic (exact) mass is 291 g/mol. The molecule has 0 saturated carbocycles. The van der Waals surface area contributed by atoms with Gasteiger partial charge in [-0.25, -0.2) is 0 Å². The summed E-state index contributed by atoms with van der Waals surface area (Å²) in [6.07, 6.45) is 0. The minimum atomic E-state index is -0.496. The van der Waals surface area contributed by atoms with Crippen LogP contribution in [-0.2, 0) is 0 Å². The molecular formula is C13H10ClN3O3. The Morgan fingerprint density at radius 3 is 2.45 bits per heavy atom. The van der Waals surface area contributed by atoms with Crippen LogP contribution in [0.25, 0.3) is 0 Å². The van der Waals surface area contributed by atoms with Crippen molar-refractivity contribution in [2.45, 2.75) is 0 Å². The Morgan fingerprint density at radius 1 is 1.25 bits per heavy atom. The number of halogens is 1. The highest BCUT2D eigenvalue weighted by molar-refractivity contribution is 6.34. The lowest BCUT2D eigenvalue weighted by molar-refractivity contribution is -0.384. The molecule has 0 saturated heterocycles. The van der Waals surface area contributed by atoms with E-state index in [4.69, 9.17) is 27.5 Å². The zero-order chi connectivity index (χ0) is 14.7. The first kappa shape index (κ1) is 13.8. The fourth-order valence-electron chi connectivity index (χ4n) is 1.61. The number of benzene rings is 2. The van der Waals surface area contributed by atoms with Crippen LogP contribution in [0.4, 0.5) is 5.69 Å². The van der Waals surface area contributed by atoms with Crippen molar-refractivity contribution >= 4 is 23.1 Å². The number of hydrogen-bond acceptors (Lipinski definition) is 4. The van der Waals surface area contributed by atoms with Crippen molar-refractivity contribution in [3.63, 3.8) is 0 Å². The van der Waals surface area contributed by atoms with E-state index in [0.29, 0.717) is 16.5 Å². The summed E-state index contributed by atoms with van der Waals surface area (Å²) in [6.45, 7) is 0. The molecule has 0 fully saturated rings. The largest absolute Gasteiger partial charge is 0.457 e. The molecule has 0 aliphatic rings. The summed E-state index contributed by atoms with van der Waals surface area (Å²) in [5.41, 5.74) is 5.71. The molecule has 3 N–H and O–H groups in total. The molecule has 0 amide bonds. The van der Waals surface area contributed by atoms with Crippen molar-refractivity contribution < 1.29 is 9.66 Å². The zero-order valence-corrected chi connectivity index (χ0v) is 10.9. The molecule has 2 aromatic rings. The van der Waals surface area contributed by atoms with E-state index in [9.17, 15) is 10.1 Å². The molecule has 7 heteroatoms. The molecule has 0 heterocycles. The second kappa shape index (κ2) is 5.58. The van der Waals surface area contributed by atoms with Crippen molar-refractivity contribution in [1.29, 1.82) is 5.41 Å². The second-order valence-corrected chi connectivity index (χ2v) is 4.29. The third-order valence-corrected chi connectivity index (χ3v) is 2.84. The van der Waals surface area contributed by atoms with Gasteiger partial charge in [-0.2, -0.15) is 0 Å². The molecule has 0 unspecified atom stereocenters. The van der Waals surface area contributed by atoms with Crippen LogP contribution in [0.15, 0.2) is 42.5 Å². The Balaban J connectivity index is 2.33. The maximum Gasteiger partial charge on any atom is 0.269 e. The maximum atomic E-state index is 10.6. The normalized spacial score (nSPS) is 10.1. The first-order valence-corrected chi connectivity index (χ1v) is 5.92. The predicted octanol–water partition coefficient (Wildman–Crippen LogP) is 3.32. The number of non-ortho nitro benzene ring substituents is 1. The highest BCUT2D eigenvalue weighted by atomic mass is 35.5. The van der Waals surface area contributed by atoms with Crippen LogP contribution >= 0.6 is 11.6 Å². The number of nitro groups is 1. The van der Waals surface area contributed by atoms with Gasteiger partial charge in [0.1, 0.15) is 17.3 Å². The van der Waals surface area contributed by atoms with E-state index in [1.807, 2.05) is 0 Å². The van der Waals surface area contributed by atoms with Gasteiger partial charge >= 0.3 is 0 Å². The number of nitrogens with one attached hydrogen (secondary N) is 1. The number of amidine groups is 1. The fourth-order valence-corrected chi connectivity index (χ4v) is 1.88. The number of rotatable bonds is 4. The SMILES string of the molecule is N=C(N)c1c(Cl)cccc1Oc1ccc([N+](=O)[O-])cc1. The summed E-state index contributed by atoms with van der Waals surface area (Å²) < 4.78 is 5.56. The number of nitrogens with two attached hydrogens (primary N) is 1. The second-order valence-electron chi connectivity index (χ2n) is 3.88. The number of ether oxygens (including phenoxy) is 1. The Hall–Kier alpha value is -2.60. The summed E-state index contributed by atoms with van der Waals surface area (Å²) in [5, 5.41) is 18.4. The van der Waals surface area contributed by atoms with Crippen molar-refractivity contribution in [1.82, 2.24) is 0 Å². The van der Waals surface area contributed by atoms with E-state index in [1.54, 1.807) is 18.2 Å². The quantitative estimate of drug-likeness (QED) is 0.390. The van der Waals surface area contributed by atoms with Gasteiger partial charge in [-0.05, 0) is 24.3 Å². The van der Waals surface area contributed by atoms with Crippen LogP contribution in [0, 0.1) is 15.5 Å². The third kappa shape index (κ3) is 2.86. The molecule has 0 aliphatic heterocycles. The fraction of sp³-hybridized carbons (Fsp3) is 0. The topological polar surface area (TPSA) is 102 Å². The van der Waals surface area contributed by atoms with Gasteiger partial charge < -0.3 is 10.5 Å². The van der Waals surface area contributed by atoms with Gasteiger partial charge in [0.15, 0.2) is 0 Å². The van der Waals surface area contributed by atoms with Crippen LogP contribution in [0.5, 0.6) is 11.5 Å². The van der Waals surface area contributed by atoms with Crippen molar-refractivity contribution in [2.75, 3.05) is 0 Å². The maximum absolute atomic E-state index is 10.6. The Kier molecular flexibility index (Phi) is 3.86. The van der Waals surface area contributed by atoms with E-state index in [-0.39, 0.29) is 17.1 Å². The van der Waals surface area contributed by atoms with E-state index in [0.717, 1.165) is 0 Å². The van der Waals surface area contributed by atoms with Crippen molar-refractivity contribution in [2.24, 2.45) is 5.73 Å². The molecule has 0 aromatic heterocycles. The molecule has 2 rings (SSSR count). The molecule has 0 radical (unpaired) electrons. The lowest BCUT2D eigenvalue weighted by Gasteiger charge is -2.11. The summed E-state index contributed by atoms with van der Waals surface area (Å²) in [7, 11) is 0. The van der Waals surface area contributed by atoms with Crippen LogP contribution in [0.3, 0.4) is 0 Å². The molecule has 0 aliphatic carbocycles. The third-order valence-electron chi connectivity index (χ3n) is 2.52. The summed E-state index contributed by atoms with van der Waals surface area (Å²) >= 11 is 5.97. The first-order chi connectivity index (χ1) is 9.49. The molecule has 6 nitrogen and oxygen atoms in total. The summed E-state index contributed by atoms with van der Waals surface area (Å²) in [5.74, 6) is 0.492. The zero-order valence-electron chi connectivity index (χ0n) is 10.2. The number of nitrogen functional groups attached to an aromatic ring is 1. The number of nitro benzene ring substituents is 1. The van der Waals surface area contributed by atoms with Gasteiger partial charge in [0.05, 0.1) is 15.5 Å². The van der Waals surface area contributed by atoms with Crippen LogP contribution in [-0.4, -0.2) is 10.8 Å². The van der Waals surface area contributed by atoms with Crippen LogP contribution in [0.1, 0.15) is 5.56 Å². The van der Waals surface area contributed by atoms with Gasteiger partial charge in [0, 0.05) is 12.1 Å². The van der Waals surface area contributed by atoms with E-state index >= 15 is 0 Å². The first-order valence-electron chi connectivity index (χ1n) is 5.54. The number of nitrogens with zero attached hydrogens (tertiary/aromatic N) is 1. The molecule has 0 atom stereocenters. The smallest absolute Gasteiger partial charge is 0.269 e.